The topological polar surface area (TPSA) is 21.3 Å². The van der Waals surface area contributed by atoms with Crippen LogP contribution in [0.3, 0.4) is 0 Å². The van der Waals surface area contributed by atoms with Gasteiger partial charge in [0.25, 0.3) is 0 Å². The molecule has 4 heteroatoms. The first-order valence-electron chi connectivity index (χ1n) is 6.31. The third-order valence-corrected chi connectivity index (χ3v) is 3.72. The molecule has 1 heterocycles. The lowest BCUT2D eigenvalue weighted by Crippen LogP contribution is -2.36. The Morgan fingerprint density at radius 2 is 2.06 bits per heavy atom. The number of ether oxygens (including phenoxy) is 1. The first-order chi connectivity index (χ1) is 8.57. The largest absolute Gasteiger partial charge is 0.381 e. The van der Waals surface area contributed by atoms with Crippen LogP contribution in [0, 0.1) is 11.2 Å². The van der Waals surface area contributed by atoms with E-state index in [2.05, 4.69) is 12.2 Å². The Balaban J connectivity index is 1.84. The normalized spacial score (nSPS) is 18.8. The van der Waals surface area contributed by atoms with Crippen LogP contribution in [0.2, 0.25) is 5.02 Å². The molecule has 1 aromatic carbocycles. The molecule has 0 bridgehead atoms. The van der Waals surface area contributed by atoms with E-state index in [0.717, 1.165) is 38.2 Å². The molecule has 0 unspecified atom stereocenters. The van der Waals surface area contributed by atoms with Crippen LogP contribution >= 0.6 is 11.6 Å². The van der Waals surface area contributed by atoms with Crippen molar-refractivity contribution in [2.45, 2.75) is 26.3 Å². The molecule has 1 saturated heterocycles. The van der Waals surface area contributed by atoms with Gasteiger partial charge in [-0.05, 0) is 42.0 Å². The van der Waals surface area contributed by atoms with Gasteiger partial charge in [-0.1, -0.05) is 18.5 Å². The third-order valence-electron chi connectivity index (χ3n) is 3.50. The maximum Gasteiger partial charge on any atom is 0.125 e. The quantitative estimate of drug-likeness (QED) is 0.906. The molecule has 1 aromatic rings. The van der Waals surface area contributed by atoms with Crippen molar-refractivity contribution in [3.8, 4) is 0 Å². The Bertz CT molecular complexity index is 385. The van der Waals surface area contributed by atoms with Crippen molar-refractivity contribution in [3.63, 3.8) is 0 Å². The van der Waals surface area contributed by atoms with E-state index in [4.69, 9.17) is 16.3 Å². The van der Waals surface area contributed by atoms with E-state index in [1.807, 2.05) is 0 Å². The van der Waals surface area contributed by atoms with Crippen LogP contribution in [0.25, 0.3) is 0 Å². The molecule has 0 amide bonds. The fraction of sp³-hybridized carbons (Fsp3) is 0.571. The summed E-state index contributed by atoms with van der Waals surface area (Å²) in [5.74, 6) is -0.281. The molecule has 1 fully saturated rings. The summed E-state index contributed by atoms with van der Waals surface area (Å²) in [4.78, 5) is 0. The summed E-state index contributed by atoms with van der Waals surface area (Å²) in [5.41, 5.74) is 1.17. The monoisotopic (exact) mass is 271 g/mol. The Morgan fingerprint density at radius 3 is 2.72 bits per heavy atom. The minimum absolute atomic E-state index is 0.281. The van der Waals surface area contributed by atoms with Crippen LogP contribution in [-0.2, 0) is 11.3 Å². The van der Waals surface area contributed by atoms with E-state index in [1.54, 1.807) is 6.07 Å². The number of benzene rings is 1. The molecule has 0 radical (unpaired) electrons. The summed E-state index contributed by atoms with van der Waals surface area (Å²) in [6, 6.07) is 4.64. The van der Waals surface area contributed by atoms with Crippen LogP contribution in [0.4, 0.5) is 4.39 Å². The first-order valence-corrected chi connectivity index (χ1v) is 6.69. The van der Waals surface area contributed by atoms with Gasteiger partial charge in [-0.2, -0.15) is 0 Å². The molecule has 0 aromatic heterocycles. The van der Waals surface area contributed by atoms with Crippen molar-refractivity contribution in [1.29, 1.82) is 0 Å². The number of hydrogen-bond acceptors (Lipinski definition) is 2. The van der Waals surface area contributed by atoms with Crippen molar-refractivity contribution in [1.82, 2.24) is 5.32 Å². The second kappa shape index (κ2) is 6.00. The van der Waals surface area contributed by atoms with Crippen LogP contribution in [0.1, 0.15) is 25.3 Å². The van der Waals surface area contributed by atoms with Gasteiger partial charge in [0.05, 0.1) is 0 Å². The number of rotatable bonds is 4. The molecule has 2 rings (SSSR count). The lowest BCUT2D eigenvalue weighted by atomic mass is 9.82. The summed E-state index contributed by atoms with van der Waals surface area (Å²) in [7, 11) is 0. The maximum atomic E-state index is 13.2. The minimum atomic E-state index is -0.281. The van der Waals surface area contributed by atoms with Gasteiger partial charge in [-0.3, -0.25) is 0 Å². The smallest absolute Gasteiger partial charge is 0.125 e. The van der Waals surface area contributed by atoms with Gasteiger partial charge in [0.15, 0.2) is 0 Å². The zero-order chi connectivity index (χ0) is 13.0. The summed E-state index contributed by atoms with van der Waals surface area (Å²) >= 11 is 5.82. The highest BCUT2D eigenvalue weighted by atomic mass is 35.5. The molecule has 0 aliphatic carbocycles. The van der Waals surface area contributed by atoms with Gasteiger partial charge >= 0.3 is 0 Å². The lowest BCUT2D eigenvalue weighted by Gasteiger charge is -2.33. The van der Waals surface area contributed by atoms with Crippen molar-refractivity contribution >= 4 is 11.6 Å². The molecular weight excluding hydrogens is 253 g/mol. The highest BCUT2D eigenvalue weighted by molar-refractivity contribution is 6.30. The average Bonchev–Trinajstić information content (AvgIpc) is 2.28. The first kappa shape index (κ1) is 13.8. The Labute approximate surface area is 112 Å². The van der Waals surface area contributed by atoms with Crippen LogP contribution < -0.4 is 5.32 Å². The molecule has 2 nitrogen and oxygen atoms in total. The van der Waals surface area contributed by atoms with Gasteiger partial charge in [0.1, 0.15) is 5.82 Å². The molecule has 18 heavy (non-hydrogen) atoms. The van der Waals surface area contributed by atoms with Gasteiger partial charge in [0.2, 0.25) is 0 Å². The van der Waals surface area contributed by atoms with Gasteiger partial charge < -0.3 is 10.1 Å². The fourth-order valence-corrected chi connectivity index (χ4v) is 2.51. The predicted octanol–water partition coefficient (Wildman–Crippen LogP) is 3.39. The SMILES string of the molecule is CC1(CNCc2cc(F)cc(Cl)c2)CCOCC1. The molecule has 0 saturated carbocycles. The molecular formula is C14H19ClFNO. The standard InChI is InChI=1S/C14H19ClFNO/c1-14(2-4-18-5-3-14)10-17-9-11-6-12(15)8-13(16)7-11/h6-8,17H,2-5,9-10H2,1H3. The second-order valence-electron chi connectivity index (χ2n) is 5.30. The van der Waals surface area contributed by atoms with Crippen molar-refractivity contribution in [2.75, 3.05) is 19.8 Å². The van der Waals surface area contributed by atoms with E-state index in [0.29, 0.717) is 11.6 Å². The lowest BCUT2D eigenvalue weighted by molar-refractivity contribution is 0.0240. The maximum absolute atomic E-state index is 13.2. The van der Waals surface area contributed by atoms with Crippen molar-refractivity contribution in [2.24, 2.45) is 5.41 Å². The Kier molecular flexibility index (Phi) is 4.60. The third kappa shape index (κ3) is 3.94. The zero-order valence-corrected chi connectivity index (χ0v) is 11.4. The Morgan fingerprint density at radius 1 is 1.33 bits per heavy atom. The molecule has 0 spiro atoms. The van der Waals surface area contributed by atoms with Gasteiger partial charge in [-0.15, -0.1) is 0 Å². The summed E-state index contributed by atoms with van der Waals surface area (Å²) in [6.07, 6.45) is 2.15. The van der Waals surface area contributed by atoms with Crippen LogP contribution in [0.15, 0.2) is 18.2 Å². The van der Waals surface area contributed by atoms with E-state index in [9.17, 15) is 4.39 Å². The second-order valence-corrected chi connectivity index (χ2v) is 5.74. The van der Waals surface area contributed by atoms with E-state index < -0.39 is 0 Å². The average molecular weight is 272 g/mol. The van der Waals surface area contributed by atoms with Crippen LogP contribution in [0.5, 0.6) is 0 Å². The van der Waals surface area contributed by atoms with Gasteiger partial charge in [-0.25, -0.2) is 4.39 Å². The van der Waals surface area contributed by atoms with E-state index >= 15 is 0 Å². The zero-order valence-electron chi connectivity index (χ0n) is 10.6. The Hall–Kier alpha value is -0.640. The fourth-order valence-electron chi connectivity index (χ4n) is 2.26. The molecule has 100 valence electrons. The van der Waals surface area contributed by atoms with Gasteiger partial charge in [0, 0.05) is 31.3 Å². The molecule has 1 aliphatic heterocycles. The van der Waals surface area contributed by atoms with Crippen molar-refractivity contribution in [3.05, 3.63) is 34.6 Å². The summed E-state index contributed by atoms with van der Waals surface area (Å²) in [5, 5.41) is 3.83. The molecule has 1 aliphatic rings. The summed E-state index contributed by atoms with van der Waals surface area (Å²) in [6.45, 7) is 5.51. The van der Waals surface area contributed by atoms with E-state index in [-0.39, 0.29) is 11.2 Å². The summed E-state index contributed by atoms with van der Waals surface area (Å²) < 4.78 is 18.5. The molecule has 0 atom stereocenters. The van der Waals surface area contributed by atoms with E-state index in [1.165, 1.54) is 12.1 Å². The number of nitrogens with one attached hydrogen (secondary N) is 1. The highest BCUT2D eigenvalue weighted by Crippen LogP contribution is 2.28. The minimum Gasteiger partial charge on any atom is -0.381 e. The predicted molar refractivity (Wildman–Crippen MR) is 71.3 cm³/mol. The number of halogens is 2. The number of hydrogen-bond donors (Lipinski definition) is 1. The van der Waals surface area contributed by atoms with Crippen molar-refractivity contribution < 1.29 is 9.13 Å². The van der Waals surface area contributed by atoms with Crippen LogP contribution in [-0.4, -0.2) is 19.8 Å². The molecule has 1 N–H and O–H groups in total. The highest BCUT2D eigenvalue weighted by Gasteiger charge is 2.26.